The molecule has 0 saturated carbocycles. The van der Waals surface area contributed by atoms with Gasteiger partial charge in [-0.3, -0.25) is 14.5 Å². The molecule has 0 spiro atoms. The molecule has 0 bridgehead atoms. The minimum atomic E-state index is -3.03. The van der Waals surface area contributed by atoms with Gasteiger partial charge in [-0.25, -0.2) is 0 Å². The van der Waals surface area contributed by atoms with Gasteiger partial charge in [-0.15, -0.1) is 0 Å². The van der Waals surface area contributed by atoms with E-state index >= 15 is 0 Å². The lowest BCUT2D eigenvalue weighted by Gasteiger charge is -2.34. The molecule has 1 N–H and O–H groups in total. The fourth-order valence-corrected chi connectivity index (χ4v) is 3.64. The molecule has 3 rings (SSSR count). The number of halogens is 2. The van der Waals surface area contributed by atoms with Crippen molar-refractivity contribution in [3.8, 4) is 5.75 Å². The summed E-state index contributed by atoms with van der Waals surface area (Å²) in [5.74, 6) is -0.545. The Hall–Kier alpha value is -3.00. The molecule has 0 unspecified atom stereocenters. The average Bonchev–Trinajstić information content (AvgIpc) is 2.78. The highest BCUT2D eigenvalue weighted by molar-refractivity contribution is 5.98. The summed E-state index contributed by atoms with van der Waals surface area (Å²) >= 11 is 0. The number of ether oxygens (including phenoxy) is 1. The lowest BCUT2D eigenvalue weighted by Crippen LogP contribution is -2.50. The number of para-hydroxylation sites is 1. The van der Waals surface area contributed by atoms with Gasteiger partial charge < -0.3 is 15.0 Å². The molecule has 172 valence electrons. The van der Waals surface area contributed by atoms with Crippen LogP contribution in [0, 0.1) is 0 Å². The maximum atomic E-state index is 12.5. The lowest BCUT2D eigenvalue weighted by molar-refractivity contribution is -0.131. The molecular weight excluding hydrogens is 416 g/mol. The second kappa shape index (κ2) is 11.0. The van der Waals surface area contributed by atoms with Crippen molar-refractivity contribution in [2.75, 3.05) is 32.7 Å². The minimum absolute atomic E-state index is 0.0334. The van der Waals surface area contributed by atoms with E-state index in [2.05, 4.69) is 53.1 Å². The van der Waals surface area contributed by atoms with E-state index in [-0.39, 0.29) is 23.8 Å². The fourth-order valence-electron chi connectivity index (χ4n) is 3.64. The van der Waals surface area contributed by atoms with E-state index in [0.717, 1.165) is 19.6 Å². The van der Waals surface area contributed by atoms with Crippen LogP contribution in [-0.2, 0) is 11.3 Å². The third-order valence-electron chi connectivity index (χ3n) is 5.53. The van der Waals surface area contributed by atoms with Crippen molar-refractivity contribution < 1.29 is 23.1 Å². The number of amides is 2. The van der Waals surface area contributed by atoms with Gasteiger partial charge in [-0.1, -0.05) is 50.2 Å². The monoisotopic (exact) mass is 445 g/mol. The van der Waals surface area contributed by atoms with Gasteiger partial charge in [0.1, 0.15) is 5.75 Å². The Balaban J connectivity index is 1.45. The average molecular weight is 446 g/mol. The second-order valence-electron chi connectivity index (χ2n) is 8.11. The van der Waals surface area contributed by atoms with E-state index < -0.39 is 12.5 Å². The normalized spacial score (nSPS) is 14.6. The number of rotatable bonds is 8. The number of hydrogen-bond acceptors (Lipinski definition) is 4. The van der Waals surface area contributed by atoms with Crippen LogP contribution < -0.4 is 10.1 Å². The smallest absolute Gasteiger partial charge is 0.387 e. The van der Waals surface area contributed by atoms with Crippen LogP contribution in [0.4, 0.5) is 8.78 Å². The van der Waals surface area contributed by atoms with Crippen LogP contribution in [-0.4, -0.2) is 60.9 Å². The second-order valence-corrected chi connectivity index (χ2v) is 8.11. The van der Waals surface area contributed by atoms with Crippen molar-refractivity contribution >= 4 is 11.8 Å². The standard InChI is InChI=1S/C24H29F2N3O3/c1-17(2)19-9-7-18(8-10-19)16-28-11-13-29(14-12-28)22(30)15-27-23(31)20-5-3-4-6-21(20)32-24(25)26/h3-10,17,24H,11-16H2,1-2H3,(H,27,31). The summed E-state index contributed by atoms with van der Waals surface area (Å²) in [6, 6.07) is 14.3. The number of benzene rings is 2. The number of alkyl halides is 2. The number of nitrogens with one attached hydrogen (secondary N) is 1. The maximum Gasteiger partial charge on any atom is 0.387 e. The number of carbonyl (C=O) groups excluding carboxylic acids is 2. The first-order valence-corrected chi connectivity index (χ1v) is 10.7. The Morgan fingerprint density at radius 3 is 2.28 bits per heavy atom. The van der Waals surface area contributed by atoms with Gasteiger partial charge in [0.05, 0.1) is 12.1 Å². The van der Waals surface area contributed by atoms with Crippen LogP contribution in [0.5, 0.6) is 5.75 Å². The molecule has 2 aromatic rings. The Kier molecular flexibility index (Phi) is 8.16. The molecule has 0 aromatic heterocycles. The van der Waals surface area contributed by atoms with Crippen molar-refractivity contribution in [2.45, 2.75) is 32.9 Å². The molecule has 0 radical (unpaired) electrons. The van der Waals surface area contributed by atoms with E-state index in [1.54, 1.807) is 11.0 Å². The highest BCUT2D eigenvalue weighted by Crippen LogP contribution is 2.20. The van der Waals surface area contributed by atoms with E-state index in [1.807, 2.05) is 0 Å². The molecule has 1 fully saturated rings. The fraction of sp³-hybridized carbons (Fsp3) is 0.417. The summed E-state index contributed by atoms with van der Waals surface area (Å²) in [5, 5.41) is 2.51. The molecule has 32 heavy (non-hydrogen) atoms. The summed E-state index contributed by atoms with van der Waals surface area (Å²) in [6.45, 7) is 4.58. The summed E-state index contributed by atoms with van der Waals surface area (Å²) in [5.41, 5.74) is 2.52. The Morgan fingerprint density at radius 2 is 1.66 bits per heavy atom. The molecule has 6 nitrogen and oxygen atoms in total. The molecule has 8 heteroatoms. The maximum absolute atomic E-state index is 12.5. The van der Waals surface area contributed by atoms with Crippen LogP contribution in [0.1, 0.15) is 41.3 Å². The molecular formula is C24H29F2N3O3. The zero-order valence-corrected chi connectivity index (χ0v) is 18.4. The molecule has 2 amide bonds. The van der Waals surface area contributed by atoms with E-state index in [1.165, 1.54) is 29.3 Å². The Bertz CT molecular complexity index is 911. The predicted octanol–water partition coefficient (Wildman–Crippen LogP) is 3.49. The van der Waals surface area contributed by atoms with Gasteiger partial charge in [0, 0.05) is 32.7 Å². The zero-order valence-electron chi connectivity index (χ0n) is 18.4. The van der Waals surface area contributed by atoms with Gasteiger partial charge in [-0.05, 0) is 29.2 Å². The SMILES string of the molecule is CC(C)c1ccc(CN2CCN(C(=O)CNC(=O)c3ccccc3OC(F)F)CC2)cc1. The topological polar surface area (TPSA) is 61.9 Å². The molecule has 0 aliphatic carbocycles. The molecule has 1 heterocycles. The molecule has 2 aromatic carbocycles. The summed E-state index contributed by atoms with van der Waals surface area (Å²) < 4.78 is 29.4. The van der Waals surface area contributed by atoms with Crippen LogP contribution in [0.2, 0.25) is 0 Å². The number of piperazine rings is 1. The summed E-state index contributed by atoms with van der Waals surface area (Å²) in [7, 11) is 0. The molecule has 0 atom stereocenters. The third-order valence-corrected chi connectivity index (χ3v) is 5.53. The van der Waals surface area contributed by atoms with Crippen LogP contribution in [0.25, 0.3) is 0 Å². The van der Waals surface area contributed by atoms with Crippen molar-refractivity contribution in [3.63, 3.8) is 0 Å². The van der Waals surface area contributed by atoms with Crippen molar-refractivity contribution in [1.82, 2.24) is 15.1 Å². The van der Waals surface area contributed by atoms with Gasteiger partial charge in [0.25, 0.3) is 5.91 Å². The van der Waals surface area contributed by atoms with Gasteiger partial charge in [-0.2, -0.15) is 8.78 Å². The van der Waals surface area contributed by atoms with Crippen molar-refractivity contribution in [1.29, 1.82) is 0 Å². The zero-order chi connectivity index (χ0) is 23.1. The number of nitrogens with zero attached hydrogens (tertiary/aromatic N) is 2. The Labute approximate surface area is 187 Å². The number of hydrogen-bond donors (Lipinski definition) is 1. The first-order valence-electron chi connectivity index (χ1n) is 10.7. The molecule has 1 aliphatic rings. The molecule has 1 aliphatic heterocycles. The number of carbonyl (C=O) groups is 2. The molecule has 1 saturated heterocycles. The van der Waals surface area contributed by atoms with E-state index in [9.17, 15) is 18.4 Å². The van der Waals surface area contributed by atoms with Gasteiger partial charge in [0.15, 0.2) is 0 Å². The largest absolute Gasteiger partial charge is 0.434 e. The third kappa shape index (κ3) is 6.50. The van der Waals surface area contributed by atoms with Crippen LogP contribution >= 0.6 is 0 Å². The Morgan fingerprint density at radius 1 is 1.00 bits per heavy atom. The highest BCUT2D eigenvalue weighted by atomic mass is 19.3. The lowest BCUT2D eigenvalue weighted by atomic mass is 10.0. The van der Waals surface area contributed by atoms with E-state index in [0.29, 0.717) is 19.0 Å². The van der Waals surface area contributed by atoms with E-state index in [4.69, 9.17) is 0 Å². The predicted molar refractivity (Wildman–Crippen MR) is 118 cm³/mol. The first-order chi connectivity index (χ1) is 15.3. The van der Waals surface area contributed by atoms with Crippen LogP contribution in [0.15, 0.2) is 48.5 Å². The van der Waals surface area contributed by atoms with Crippen molar-refractivity contribution in [3.05, 3.63) is 65.2 Å². The van der Waals surface area contributed by atoms with Gasteiger partial charge in [0.2, 0.25) is 5.91 Å². The van der Waals surface area contributed by atoms with Crippen molar-refractivity contribution in [2.24, 2.45) is 0 Å². The quantitative estimate of drug-likeness (QED) is 0.676. The van der Waals surface area contributed by atoms with Crippen LogP contribution in [0.3, 0.4) is 0 Å². The first kappa shape index (κ1) is 23.7. The summed E-state index contributed by atoms with van der Waals surface area (Å²) in [4.78, 5) is 28.8. The highest BCUT2D eigenvalue weighted by Gasteiger charge is 2.22. The minimum Gasteiger partial charge on any atom is -0.434 e. The summed E-state index contributed by atoms with van der Waals surface area (Å²) in [6.07, 6.45) is 0. The van der Waals surface area contributed by atoms with Gasteiger partial charge >= 0.3 is 6.61 Å².